The van der Waals surface area contributed by atoms with Gasteiger partial charge in [0.25, 0.3) is 0 Å². The molecule has 39 heavy (non-hydrogen) atoms. The Bertz CT molecular complexity index is 1460. The van der Waals surface area contributed by atoms with E-state index in [2.05, 4.69) is 25.6 Å². The zero-order valence-corrected chi connectivity index (χ0v) is 22.1. The Morgan fingerprint density at radius 3 is 2.00 bits per heavy atom. The lowest BCUT2D eigenvalue weighted by Gasteiger charge is -2.13. The molecule has 0 saturated heterocycles. The molecule has 0 aliphatic rings. The van der Waals surface area contributed by atoms with E-state index in [4.69, 9.17) is 4.74 Å². The minimum Gasteiger partial charge on any atom is -0.458 e. The summed E-state index contributed by atoms with van der Waals surface area (Å²) in [6.45, 7) is 5.23. The van der Waals surface area contributed by atoms with Crippen LogP contribution in [0.15, 0.2) is 91.5 Å². The summed E-state index contributed by atoms with van der Waals surface area (Å²) < 4.78 is 35.5. The quantitative estimate of drug-likeness (QED) is 0.121. The number of rotatable bonds is 11. The van der Waals surface area contributed by atoms with E-state index in [1.54, 1.807) is 36.4 Å². The van der Waals surface area contributed by atoms with Gasteiger partial charge in [-0.15, -0.1) is 0 Å². The lowest BCUT2D eigenvalue weighted by molar-refractivity contribution is -0.139. The molecule has 200 valence electrons. The Kier molecular flexibility index (Phi) is 9.40. The number of unbranched alkanes of at least 4 members (excludes halogenated alkanes) is 2. The molecule has 0 aliphatic carbocycles. The van der Waals surface area contributed by atoms with Crippen molar-refractivity contribution in [3.63, 3.8) is 0 Å². The zero-order valence-electron chi connectivity index (χ0n) is 22.1. The molecule has 0 spiro atoms. The summed E-state index contributed by atoms with van der Waals surface area (Å²) in [5, 5.41) is 9.62. The maximum Gasteiger partial charge on any atom is 0.330 e. The summed E-state index contributed by atoms with van der Waals surface area (Å²) in [6.07, 6.45) is 5.65. The van der Waals surface area contributed by atoms with Crippen LogP contribution in [0.25, 0.3) is 33.4 Å². The van der Waals surface area contributed by atoms with Gasteiger partial charge in [0.2, 0.25) is 0 Å². The van der Waals surface area contributed by atoms with Crippen LogP contribution in [0.1, 0.15) is 42.9 Å². The third-order valence-electron chi connectivity index (χ3n) is 6.83. The van der Waals surface area contributed by atoms with E-state index < -0.39 is 17.6 Å². The topological polar surface area (TPSA) is 46.5 Å². The minimum atomic E-state index is -0.590. The number of aliphatic hydroxyl groups is 1. The Morgan fingerprint density at radius 2 is 1.38 bits per heavy atom. The van der Waals surface area contributed by atoms with Gasteiger partial charge in [0.1, 0.15) is 18.2 Å². The van der Waals surface area contributed by atoms with E-state index in [-0.39, 0.29) is 13.2 Å². The van der Waals surface area contributed by atoms with E-state index >= 15 is 8.78 Å². The minimum absolute atomic E-state index is 0.0760. The first-order valence-corrected chi connectivity index (χ1v) is 13.1. The third-order valence-corrected chi connectivity index (χ3v) is 6.83. The van der Waals surface area contributed by atoms with Crippen molar-refractivity contribution in [2.75, 3.05) is 0 Å². The average Bonchev–Trinajstić information content (AvgIpc) is 2.96. The second kappa shape index (κ2) is 13.1. The van der Waals surface area contributed by atoms with Crippen molar-refractivity contribution >= 4 is 5.97 Å². The van der Waals surface area contributed by atoms with Crippen molar-refractivity contribution in [2.24, 2.45) is 0 Å². The number of hydrogen-bond donors (Lipinski definition) is 1. The second-order valence-electron chi connectivity index (χ2n) is 9.50. The fourth-order valence-corrected chi connectivity index (χ4v) is 4.58. The molecule has 0 saturated carbocycles. The molecule has 0 aliphatic heterocycles. The van der Waals surface area contributed by atoms with Crippen molar-refractivity contribution < 1.29 is 23.4 Å². The molecule has 0 aromatic heterocycles. The Morgan fingerprint density at radius 1 is 0.795 bits per heavy atom. The van der Waals surface area contributed by atoms with Crippen LogP contribution in [0, 0.1) is 11.6 Å². The third kappa shape index (κ3) is 6.87. The number of benzene rings is 4. The molecule has 0 bridgehead atoms. The number of carbonyl (C=O) groups is 1. The number of carbonyl (C=O) groups excluding carboxylic acids is 1. The summed E-state index contributed by atoms with van der Waals surface area (Å²) in [5.41, 5.74) is 5.71. The van der Waals surface area contributed by atoms with Crippen molar-refractivity contribution in [2.45, 2.75) is 45.8 Å². The van der Waals surface area contributed by atoms with E-state index in [1.807, 2.05) is 18.2 Å². The van der Waals surface area contributed by atoms with Crippen LogP contribution in [0.2, 0.25) is 0 Å². The lowest BCUT2D eigenvalue weighted by atomic mass is 9.95. The predicted molar refractivity (Wildman–Crippen MR) is 152 cm³/mol. The van der Waals surface area contributed by atoms with E-state index in [1.165, 1.54) is 30.5 Å². The van der Waals surface area contributed by atoms with Gasteiger partial charge < -0.3 is 9.84 Å². The second-order valence-corrected chi connectivity index (χ2v) is 9.50. The zero-order chi connectivity index (χ0) is 27.8. The van der Waals surface area contributed by atoms with E-state index in [0.717, 1.165) is 30.0 Å². The molecule has 4 aromatic rings. The van der Waals surface area contributed by atoms with Crippen molar-refractivity contribution in [1.82, 2.24) is 0 Å². The van der Waals surface area contributed by atoms with Crippen LogP contribution < -0.4 is 0 Å². The summed E-state index contributed by atoms with van der Waals surface area (Å²) in [4.78, 5) is 11.5. The molecule has 3 nitrogen and oxygen atoms in total. The highest BCUT2D eigenvalue weighted by Crippen LogP contribution is 2.32. The van der Waals surface area contributed by atoms with Crippen LogP contribution in [-0.4, -0.2) is 11.1 Å². The maximum absolute atomic E-state index is 15.3. The number of halogens is 2. The lowest BCUT2D eigenvalue weighted by Crippen LogP contribution is -2.03. The molecule has 0 unspecified atom stereocenters. The van der Waals surface area contributed by atoms with Crippen molar-refractivity contribution in [3.8, 4) is 33.4 Å². The molecule has 4 rings (SSSR count). The first kappa shape index (κ1) is 27.9. The van der Waals surface area contributed by atoms with Crippen LogP contribution in [0.4, 0.5) is 8.78 Å². The van der Waals surface area contributed by atoms with E-state index in [0.29, 0.717) is 33.4 Å². The number of esters is 1. The van der Waals surface area contributed by atoms with Gasteiger partial charge in [-0.1, -0.05) is 87.0 Å². The first-order valence-electron chi connectivity index (χ1n) is 13.1. The highest BCUT2D eigenvalue weighted by atomic mass is 19.1. The highest BCUT2D eigenvalue weighted by molar-refractivity contribution is 5.81. The summed E-state index contributed by atoms with van der Waals surface area (Å²) in [7, 11) is 0. The van der Waals surface area contributed by atoms with E-state index in [9.17, 15) is 9.90 Å². The summed E-state index contributed by atoms with van der Waals surface area (Å²) in [6, 6.07) is 22.8. The summed E-state index contributed by atoms with van der Waals surface area (Å²) >= 11 is 0. The average molecular weight is 527 g/mol. The number of aliphatic hydroxyl groups excluding tert-OH is 1. The normalized spacial score (nSPS) is 10.9. The number of aryl methyl sites for hydroxylation is 1. The molecular formula is C34H32F2O3. The largest absolute Gasteiger partial charge is 0.458 e. The number of hydrogen-bond acceptors (Lipinski definition) is 3. The molecule has 0 fully saturated rings. The van der Waals surface area contributed by atoms with Gasteiger partial charge in [0.15, 0.2) is 0 Å². The van der Waals surface area contributed by atoms with Crippen LogP contribution in [0.3, 0.4) is 0 Å². The van der Waals surface area contributed by atoms with Gasteiger partial charge in [-0.3, -0.25) is 0 Å². The maximum atomic E-state index is 15.3. The van der Waals surface area contributed by atoms with Crippen LogP contribution in [-0.2, 0) is 29.2 Å². The van der Waals surface area contributed by atoms with Gasteiger partial charge in [0, 0.05) is 17.2 Å². The molecule has 5 heteroatoms. The van der Waals surface area contributed by atoms with Gasteiger partial charge in [-0.25, -0.2) is 13.6 Å². The van der Waals surface area contributed by atoms with Gasteiger partial charge in [0.05, 0.1) is 6.61 Å². The van der Waals surface area contributed by atoms with Gasteiger partial charge in [-0.2, -0.15) is 0 Å². The van der Waals surface area contributed by atoms with Crippen LogP contribution in [0.5, 0.6) is 0 Å². The molecule has 1 N–H and O–H groups in total. The summed E-state index contributed by atoms with van der Waals surface area (Å²) in [5.74, 6) is -1.53. The molecular weight excluding hydrogens is 494 g/mol. The van der Waals surface area contributed by atoms with Crippen molar-refractivity contribution in [1.29, 1.82) is 0 Å². The SMILES string of the molecule is C=CC(=O)OCc1cc(-c2ccc(-c3ccc(-c4ccc(CCCCC)cc4)cc3F)cc2F)ccc1CO. The highest BCUT2D eigenvalue weighted by Gasteiger charge is 2.14. The molecule has 0 heterocycles. The Labute approximate surface area is 228 Å². The van der Waals surface area contributed by atoms with Crippen molar-refractivity contribution in [3.05, 3.63) is 120 Å². The molecule has 0 atom stereocenters. The molecule has 0 amide bonds. The number of ether oxygens (including phenoxy) is 1. The fourth-order valence-electron chi connectivity index (χ4n) is 4.58. The fraction of sp³-hybridized carbons (Fsp3) is 0.206. The molecule has 0 radical (unpaired) electrons. The smallest absolute Gasteiger partial charge is 0.330 e. The van der Waals surface area contributed by atoms with Gasteiger partial charge in [-0.05, 0) is 70.0 Å². The van der Waals surface area contributed by atoms with Crippen LogP contribution >= 0.6 is 0 Å². The standard InChI is InChI=1S/C34H32F2O3/c1-3-5-6-7-23-8-10-24(11-9-23)25-14-16-31(32(35)19-25)27-15-17-30(33(36)20-27)26-12-13-28(21-37)29(18-26)22-39-34(38)4-2/h4,8-20,37H,2-3,5-7,21-22H2,1H3. The first-order chi connectivity index (χ1) is 18.9. The molecule has 4 aromatic carbocycles. The predicted octanol–water partition coefficient (Wildman–Crippen LogP) is 8.42. The van der Waals surface area contributed by atoms with Gasteiger partial charge >= 0.3 is 5.97 Å². The Hall–Kier alpha value is -4.09. The Balaban J connectivity index is 1.55. The monoisotopic (exact) mass is 526 g/mol.